The Labute approximate surface area is 100 Å². The van der Waals surface area contributed by atoms with Crippen molar-refractivity contribution in [1.82, 2.24) is 4.90 Å². The quantitative estimate of drug-likeness (QED) is 0.795. The van der Waals surface area contributed by atoms with Crippen molar-refractivity contribution in [2.24, 2.45) is 5.92 Å². The highest BCUT2D eigenvalue weighted by Gasteiger charge is 2.44. The molecule has 2 atom stereocenters. The Kier molecular flexibility index (Phi) is 3.91. The molecule has 2 nitrogen and oxygen atoms in total. The number of β-amino-alcohol motifs (C(OH)–C–C–N with tert-alkyl or cyclic N) is 1. The van der Waals surface area contributed by atoms with Crippen LogP contribution >= 0.6 is 0 Å². The SMILES string of the molecule is CCCC1(O)CN(C2CCCCC2CC)C1. The van der Waals surface area contributed by atoms with Crippen LogP contribution in [0.5, 0.6) is 0 Å². The van der Waals surface area contributed by atoms with Gasteiger partial charge in [-0.05, 0) is 25.2 Å². The van der Waals surface area contributed by atoms with Crippen molar-refractivity contribution in [3.05, 3.63) is 0 Å². The summed E-state index contributed by atoms with van der Waals surface area (Å²) in [5.74, 6) is 0.889. The molecule has 0 aromatic rings. The molecular formula is C14H27NO. The summed E-state index contributed by atoms with van der Waals surface area (Å²) in [6.45, 7) is 6.35. The van der Waals surface area contributed by atoms with Crippen LogP contribution in [0.2, 0.25) is 0 Å². The minimum Gasteiger partial charge on any atom is -0.387 e. The molecule has 0 bridgehead atoms. The van der Waals surface area contributed by atoms with Crippen LogP contribution in [0.25, 0.3) is 0 Å². The van der Waals surface area contributed by atoms with Gasteiger partial charge >= 0.3 is 0 Å². The molecule has 16 heavy (non-hydrogen) atoms. The van der Waals surface area contributed by atoms with E-state index in [0.717, 1.165) is 37.9 Å². The third-order valence-corrected chi connectivity index (χ3v) is 4.57. The van der Waals surface area contributed by atoms with Crippen molar-refractivity contribution >= 4 is 0 Å². The molecule has 1 aliphatic carbocycles. The zero-order chi connectivity index (χ0) is 11.6. The van der Waals surface area contributed by atoms with Crippen molar-refractivity contribution in [2.75, 3.05) is 13.1 Å². The lowest BCUT2D eigenvalue weighted by Gasteiger charge is -2.53. The van der Waals surface area contributed by atoms with Crippen LogP contribution < -0.4 is 0 Å². The van der Waals surface area contributed by atoms with Crippen molar-refractivity contribution in [3.8, 4) is 0 Å². The second kappa shape index (κ2) is 5.05. The van der Waals surface area contributed by atoms with Gasteiger partial charge in [-0.1, -0.05) is 39.5 Å². The van der Waals surface area contributed by atoms with Crippen LogP contribution in [0, 0.1) is 5.92 Å². The summed E-state index contributed by atoms with van der Waals surface area (Å²) < 4.78 is 0. The van der Waals surface area contributed by atoms with E-state index in [1.165, 1.54) is 32.1 Å². The fourth-order valence-electron chi connectivity index (χ4n) is 3.71. The van der Waals surface area contributed by atoms with E-state index in [2.05, 4.69) is 18.7 Å². The summed E-state index contributed by atoms with van der Waals surface area (Å²) in [6.07, 6.45) is 8.98. The first kappa shape index (κ1) is 12.4. The van der Waals surface area contributed by atoms with Gasteiger partial charge in [-0.25, -0.2) is 0 Å². The van der Waals surface area contributed by atoms with Gasteiger partial charge < -0.3 is 5.11 Å². The molecule has 2 rings (SSSR count). The van der Waals surface area contributed by atoms with Gasteiger partial charge in [-0.15, -0.1) is 0 Å². The summed E-state index contributed by atoms with van der Waals surface area (Å²) in [4.78, 5) is 2.54. The van der Waals surface area contributed by atoms with Crippen molar-refractivity contribution in [2.45, 2.75) is 70.4 Å². The van der Waals surface area contributed by atoms with E-state index < -0.39 is 0 Å². The average Bonchev–Trinajstić information content (AvgIpc) is 2.26. The first-order valence-corrected chi connectivity index (χ1v) is 7.15. The second-order valence-electron chi connectivity index (χ2n) is 5.90. The van der Waals surface area contributed by atoms with E-state index in [9.17, 15) is 5.11 Å². The van der Waals surface area contributed by atoms with E-state index in [4.69, 9.17) is 0 Å². The summed E-state index contributed by atoms with van der Waals surface area (Å²) in [5, 5.41) is 10.2. The van der Waals surface area contributed by atoms with E-state index in [-0.39, 0.29) is 5.60 Å². The number of nitrogens with zero attached hydrogens (tertiary/aromatic N) is 1. The maximum absolute atomic E-state index is 10.2. The van der Waals surface area contributed by atoms with Gasteiger partial charge in [0.15, 0.2) is 0 Å². The van der Waals surface area contributed by atoms with Crippen molar-refractivity contribution in [3.63, 3.8) is 0 Å². The van der Waals surface area contributed by atoms with E-state index >= 15 is 0 Å². The molecule has 1 saturated carbocycles. The number of likely N-dealkylation sites (tertiary alicyclic amines) is 1. The largest absolute Gasteiger partial charge is 0.387 e. The van der Waals surface area contributed by atoms with Gasteiger partial charge in [0.25, 0.3) is 0 Å². The molecule has 2 heteroatoms. The highest BCUT2D eigenvalue weighted by molar-refractivity contribution is 4.99. The molecule has 0 aromatic heterocycles. The summed E-state index contributed by atoms with van der Waals surface area (Å²) in [6, 6.07) is 0.774. The fraction of sp³-hybridized carbons (Fsp3) is 1.00. The molecule has 0 spiro atoms. The van der Waals surface area contributed by atoms with Crippen LogP contribution in [0.15, 0.2) is 0 Å². The molecule has 94 valence electrons. The maximum atomic E-state index is 10.2. The third kappa shape index (κ3) is 2.43. The summed E-state index contributed by atoms with van der Waals surface area (Å²) in [5.41, 5.74) is -0.343. The second-order valence-corrected chi connectivity index (χ2v) is 5.90. The lowest BCUT2D eigenvalue weighted by Crippen LogP contribution is -2.65. The zero-order valence-electron chi connectivity index (χ0n) is 10.9. The first-order chi connectivity index (χ1) is 7.68. The third-order valence-electron chi connectivity index (χ3n) is 4.57. The Morgan fingerprint density at radius 1 is 1.19 bits per heavy atom. The number of hydrogen-bond acceptors (Lipinski definition) is 2. The standard InChI is InChI=1S/C14H27NO/c1-3-9-14(16)10-15(11-14)13-8-6-5-7-12(13)4-2/h12-13,16H,3-11H2,1-2H3. The monoisotopic (exact) mass is 225 g/mol. The van der Waals surface area contributed by atoms with Gasteiger partial charge in [0.2, 0.25) is 0 Å². The van der Waals surface area contributed by atoms with Crippen LogP contribution in [0.4, 0.5) is 0 Å². The fourth-order valence-corrected chi connectivity index (χ4v) is 3.71. The Bertz CT molecular complexity index is 223. The van der Waals surface area contributed by atoms with Gasteiger partial charge in [0, 0.05) is 19.1 Å². The van der Waals surface area contributed by atoms with Crippen molar-refractivity contribution < 1.29 is 5.11 Å². The molecule has 0 aromatic carbocycles. The molecule has 1 N–H and O–H groups in total. The maximum Gasteiger partial charge on any atom is 0.0900 e. The smallest absolute Gasteiger partial charge is 0.0900 e. The van der Waals surface area contributed by atoms with E-state index in [1.807, 2.05) is 0 Å². The summed E-state index contributed by atoms with van der Waals surface area (Å²) in [7, 11) is 0. The molecule has 0 amide bonds. The number of aliphatic hydroxyl groups is 1. The molecule has 0 radical (unpaired) electrons. The summed E-state index contributed by atoms with van der Waals surface area (Å²) >= 11 is 0. The predicted octanol–water partition coefficient (Wildman–Crippen LogP) is 2.80. The van der Waals surface area contributed by atoms with Crippen LogP contribution in [0.3, 0.4) is 0 Å². The molecular weight excluding hydrogens is 198 g/mol. The molecule has 1 saturated heterocycles. The van der Waals surface area contributed by atoms with Crippen LogP contribution in [-0.4, -0.2) is 34.7 Å². The molecule has 2 aliphatic rings. The predicted molar refractivity (Wildman–Crippen MR) is 67.5 cm³/mol. The number of rotatable bonds is 4. The normalized spacial score (nSPS) is 34.7. The minimum absolute atomic E-state index is 0.343. The Hall–Kier alpha value is -0.0800. The number of hydrogen-bond donors (Lipinski definition) is 1. The zero-order valence-corrected chi connectivity index (χ0v) is 10.9. The molecule has 2 fully saturated rings. The Morgan fingerprint density at radius 3 is 2.50 bits per heavy atom. The van der Waals surface area contributed by atoms with Crippen LogP contribution in [-0.2, 0) is 0 Å². The molecule has 2 unspecified atom stereocenters. The molecule has 1 heterocycles. The van der Waals surface area contributed by atoms with E-state index in [0.29, 0.717) is 0 Å². The average molecular weight is 225 g/mol. The van der Waals surface area contributed by atoms with E-state index in [1.54, 1.807) is 0 Å². The lowest BCUT2D eigenvalue weighted by molar-refractivity contribution is -0.133. The topological polar surface area (TPSA) is 23.5 Å². The highest BCUT2D eigenvalue weighted by Crippen LogP contribution is 2.36. The Morgan fingerprint density at radius 2 is 1.88 bits per heavy atom. The van der Waals surface area contributed by atoms with Gasteiger partial charge in [0.1, 0.15) is 0 Å². The first-order valence-electron chi connectivity index (χ1n) is 7.15. The minimum atomic E-state index is -0.343. The Balaban J connectivity index is 1.85. The van der Waals surface area contributed by atoms with Gasteiger partial charge in [0.05, 0.1) is 5.60 Å². The highest BCUT2D eigenvalue weighted by atomic mass is 16.3. The van der Waals surface area contributed by atoms with Crippen molar-refractivity contribution in [1.29, 1.82) is 0 Å². The lowest BCUT2D eigenvalue weighted by atomic mass is 9.78. The van der Waals surface area contributed by atoms with Gasteiger partial charge in [-0.2, -0.15) is 0 Å². The molecule has 1 aliphatic heterocycles. The van der Waals surface area contributed by atoms with Crippen LogP contribution in [0.1, 0.15) is 58.8 Å². The van der Waals surface area contributed by atoms with Gasteiger partial charge in [-0.3, -0.25) is 4.90 Å².